The monoisotopic (exact) mass is 287 g/mol. The van der Waals surface area contributed by atoms with Crippen molar-refractivity contribution in [1.82, 2.24) is 4.90 Å². The summed E-state index contributed by atoms with van der Waals surface area (Å²) in [6.45, 7) is 0.645. The molecular weight excluding hydrogens is 269 g/mol. The maximum absolute atomic E-state index is 13.5. The Balaban J connectivity index is 2.24. The van der Waals surface area contributed by atoms with Crippen LogP contribution in [-0.2, 0) is 12.2 Å². The zero-order valence-corrected chi connectivity index (χ0v) is 12.1. The zero-order chi connectivity index (χ0) is 15.0. The van der Waals surface area contributed by atoms with E-state index < -0.39 is 5.60 Å². The van der Waals surface area contributed by atoms with E-state index in [0.717, 1.165) is 0 Å². The van der Waals surface area contributed by atoms with E-state index in [0.29, 0.717) is 29.0 Å². The van der Waals surface area contributed by atoms with Crippen molar-refractivity contribution >= 4 is 0 Å². The zero-order valence-electron chi connectivity index (χ0n) is 12.1. The first kappa shape index (κ1) is 14.0. The van der Waals surface area contributed by atoms with Gasteiger partial charge in [-0.05, 0) is 43.4 Å². The van der Waals surface area contributed by atoms with Gasteiger partial charge in [-0.2, -0.15) is 0 Å². The molecule has 3 rings (SSSR count). The quantitative estimate of drug-likeness (QED) is 0.921. The Morgan fingerprint density at radius 3 is 2.71 bits per heavy atom. The summed E-state index contributed by atoms with van der Waals surface area (Å²) in [6, 6.07) is 11.9. The molecule has 0 fully saturated rings. The number of hydrogen-bond donors (Lipinski definition) is 1. The second-order valence-electron chi connectivity index (χ2n) is 5.68. The Hall–Kier alpha value is -1.91. The standard InChI is InChI=1S/C17H18FNO2/c1-19(2)11-17(20)14-8-7-13(18)9-12(14)10-21-16-6-4-3-5-15(16)17/h3-9,20H,10-11H2,1-2H3. The highest BCUT2D eigenvalue weighted by molar-refractivity contribution is 5.49. The minimum absolute atomic E-state index is 0.250. The molecule has 0 aliphatic carbocycles. The molecule has 0 bridgehead atoms. The molecular formula is C17H18FNO2. The molecule has 1 aliphatic rings. The summed E-state index contributed by atoms with van der Waals surface area (Å²) < 4.78 is 19.3. The predicted molar refractivity (Wildman–Crippen MR) is 78.7 cm³/mol. The molecule has 21 heavy (non-hydrogen) atoms. The van der Waals surface area contributed by atoms with E-state index in [1.54, 1.807) is 6.07 Å². The van der Waals surface area contributed by atoms with Gasteiger partial charge in [0.15, 0.2) is 0 Å². The van der Waals surface area contributed by atoms with Crippen LogP contribution < -0.4 is 4.74 Å². The number of nitrogens with zero attached hydrogens (tertiary/aromatic N) is 1. The van der Waals surface area contributed by atoms with E-state index in [-0.39, 0.29) is 12.4 Å². The second-order valence-corrected chi connectivity index (χ2v) is 5.68. The lowest BCUT2D eigenvalue weighted by atomic mass is 9.83. The summed E-state index contributed by atoms with van der Waals surface area (Å²) in [6.07, 6.45) is 0. The number of hydrogen-bond acceptors (Lipinski definition) is 3. The van der Waals surface area contributed by atoms with E-state index in [9.17, 15) is 9.50 Å². The van der Waals surface area contributed by atoms with E-state index in [1.807, 2.05) is 43.3 Å². The molecule has 0 aromatic heterocycles. The number of rotatable bonds is 2. The van der Waals surface area contributed by atoms with Crippen molar-refractivity contribution in [2.24, 2.45) is 0 Å². The number of para-hydroxylation sites is 1. The lowest BCUT2D eigenvalue weighted by molar-refractivity contribution is 0.0507. The maximum atomic E-state index is 13.5. The van der Waals surface area contributed by atoms with Gasteiger partial charge in [-0.25, -0.2) is 4.39 Å². The fourth-order valence-electron chi connectivity index (χ4n) is 2.95. The summed E-state index contributed by atoms with van der Waals surface area (Å²) in [7, 11) is 3.80. The SMILES string of the molecule is CN(C)CC1(O)c2ccc(F)cc2COc2ccccc21. The molecule has 2 aromatic rings. The Bertz CT molecular complexity index is 672. The van der Waals surface area contributed by atoms with Crippen molar-refractivity contribution in [2.75, 3.05) is 20.6 Å². The summed E-state index contributed by atoms with van der Waals surface area (Å²) in [5.41, 5.74) is 0.863. The Morgan fingerprint density at radius 1 is 1.19 bits per heavy atom. The van der Waals surface area contributed by atoms with Gasteiger partial charge in [0, 0.05) is 12.1 Å². The highest BCUT2D eigenvalue weighted by Gasteiger charge is 2.38. The summed E-state index contributed by atoms with van der Waals surface area (Å²) in [5, 5.41) is 11.4. The van der Waals surface area contributed by atoms with Crippen molar-refractivity contribution in [2.45, 2.75) is 12.2 Å². The molecule has 1 unspecified atom stereocenters. The predicted octanol–water partition coefficient (Wildman–Crippen LogP) is 2.52. The van der Waals surface area contributed by atoms with Crippen molar-refractivity contribution in [3.05, 3.63) is 65.0 Å². The normalized spacial score (nSPS) is 20.4. The van der Waals surface area contributed by atoms with E-state index in [4.69, 9.17) is 4.74 Å². The number of fused-ring (bicyclic) bond motifs is 2. The van der Waals surface area contributed by atoms with Gasteiger partial charge in [-0.3, -0.25) is 0 Å². The Labute approximate surface area is 123 Å². The lowest BCUT2D eigenvalue weighted by Crippen LogP contribution is -2.39. The van der Waals surface area contributed by atoms with Gasteiger partial charge in [-0.1, -0.05) is 24.3 Å². The van der Waals surface area contributed by atoms with Gasteiger partial charge in [0.1, 0.15) is 23.8 Å². The van der Waals surface area contributed by atoms with Crippen molar-refractivity contribution < 1.29 is 14.2 Å². The second kappa shape index (κ2) is 5.13. The third kappa shape index (κ3) is 2.41. The molecule has 0 saturated carbocycles. The minimum atomic E-state index is -1.22. The molecule has 1 atom stereocenters. The van der Waals surface area contributed by atoms with Crippen LogP contribution in [0.4, 0.5) is 4.39 Å². The van der Waals surface area contributed by atoms with Crippen LogP contribution in [0.1, 0.15) is 16.7 Å². The molecule has 3 nitrogen and oxygen atoms in total. The Kier molecular flexibility index (Phi) is 3.43. The largest absolute Gasteiger partial charge is 0.488 e. The van der Waals surface area contributed by atoms with Crippen molar-refractivity contribution in [1.29, 1.82) is 0 Å². The first-order chi connectivity index (χ1) is 10.0. The van der Waals surface area contributed by atoms with Gasteiger partial charge in [0.25, 0.3) is 0 Å². The smallest absolute Gasteiger partial charge is 0.131 e. The van der Waals surface area contributed by atoms with Gasteiger partial charge < -0.3 is 14.7 Å². The number of ether oxygens (including phenoxy) is 1. The number of aliphatic hydroxyl groups is 1. The lowest BCUT2D eigenvalue weighted by Gasteiger charge is -2.32. The van der Waals surface area contributed by atoms with E-state index in [2.05, 4.69) is 0 Å². The summed E-state index contributed by atoms with van der Waals surface area (Å²) >= 11 is 0. The van der Waals surface area contributed by atoms with E-state index >= 15 is 0 Å². The van der Waals surface area contributed by atoms with Crippen molar-refractivity contribution in [3.63, 3.8) is 0 Å². The van der Waals surface area contributed by atoms with Gasteiger partial charge in [0.05, 0.1) is 0 Å². The molecule has 0 radical (unpaired) electrons. The third-order valence-electron chi connectivity index (χ3n) is 3.77. The molecule has 2 aromatic carbocycles. The summed E-state index contributed by atoms with van der Waals surface area (Å²) in [4.78, 5) is 1.91. The average molecular weight is 287 g/mol. The van der Waals surface area contributed by atoms with Crippen LogP contribution in [0.5, 0.6) is 5.75 Å². The molecule has 0 amide bonds. The first-order valence-electron chi connectivity index (χ1n) is 6.89. The highest BCUT2D eigenvalue weighted by Crippen LogP contribution is 2.40. The molecule has 0 spiro atoms. The molecule has 4 heteroatoms. The van der Waals surface area contributed by atoms with Crippen LogP contribution in [-0.4, -0.2) is 30.6 Å². The van der Waals surface area contributed by atoms with Gasteiger partial charge in [0.2, 0.25) is 0 Å². The fraction of sp³-hybridized carbons (Fsp3) is 0.294. The number of benzene rings is 2. The van der Waals surface area contributed by atoms with Crippen LogP contribution in [0.15, 0.2) is 42.5 Å². The highest BCUT2D eigenvalue weighted by atomic mass is 19.1. The fourth-order valence-corrected chi connectivity index (χ4v) is 2.95. The average Bonchev–Trinajstić information content (AvgIpc) is 2.54. The van der Waals surface area contributed by atoms with Crippen molar-refractivity contribution in [3.8, 4) is 5.75 Å². The van der Waals surface area contributed by atoms with Crippen LogP contribution in [0.25, 0.3) is 0 Å². The summed E-state index contributed by atoms with van der Waals surface area (Å²) in [5.74, 6) is 0.314. The number of likely N-dealkylation sites (N-methyl/N-ethyl adjacent to an activating group) is 1. The molecule has 110 valence electrons. The minimum Gasteiger partial charge on any atom is -0.488 e. The topological polar surface area (TPSA) is 32.7 Å². The maximum Gasteiger partial charge on any atom is 0.131 e. The van der Waals surface area contributed by atoms with Crippen LogP contribution in [0.3, 0.4) is 0 Å². The van der Waals surface area contributed by atoms with E-state index in [1.165, 1.54) is 12.1 Å². The number of halogens is 1. The molecule has 1 aliphatic heterocycles. The van der Waals surface area contributed by atoms with Crippen LogP contribution >= 0.6 is 0 Å². The molecule has 1 N–H and O–H groups in total. The molecule has 1 heterocycles. The first-order valence-corrected chi connectivity index (χ1v) is 6.89. The van der Waals surface area contributed by atoms with Gasteiger partial charge >= 0.3 is 0 Å². The molecule has 0 saturated heterocycles. The van der Waals surface area contributed by atoms with Crippen LogP contribution in [0.2, 0.25) is 0 Å². The van der Waals surface area contributed by atoms with Crippen LogP contribution in [0, 0.1) is 5.82 Å². The third-order valence-corrected chi connectivity index (χ3v) is 3.77. The Morgan fingerprint density at radius 2 is 1.95 bits per heavy atom. The van der Waals surface area contributed by atoms with Gasteiger partial charge in [-0.15, -0.1) is 0 Å².